The van der Waals surface area contributed by atoms with Gasteiger partial charge in [0.05, 0.1) is 12.4 Å². The number of hydrogen-bond donors (Lipinski definition) is 1. The first kappa shape index (κ1) is 12.3. The third kappa shape index (κ3) is 2.40. The summed E-state index contributed by atoms with van der Waals surface area (Å²) in [7, 11) is -1.60. The van der Waals surface area contributed by atoms with Gasteiger partial charge in [0.15, 0.2) is 0 Å². The van der Waals surface area contributed by atoms with Gasteiger partial charge in [0, 0.05) is 26.2 Å². The Balaban J connectivity index is 2.07. The van der Waals surface area contributed by atoms with Crippen LogP contribution in [-0.2, 0) is 14.8 Å². The maximum absolute atomic E-state index is 12.1. The second-order valence-electron chi connectivity index (χ2n) is 4.55. The van der Waals surface area contributed by atoms with Gasteiger partial charge >= 0.3 is 0 Å². The van der Waals surface area contributed by atoms with Crippen molar-refractivity contribution in [3.05, 3.63) is 0 Å². The molecule has 2 saturated heterocycles. The molecule has 0 saturated carbocycles. The zero-order valence-electron chi connectivity index (χ0n) is 9.68. The Morgan fingerprint density at radius 1 is 1.44 bits per heavy atom. The molecule has 0 aromatic carbocycles. The molecule has 2 fully saturated rings. The standard InChI is InChI=1S/C10H20N2O3S/c1-15-5-6-16(13,14)12-4-2-3-9-7-11-8-10(9)12/h9-11H,2-8H2,1H3. The molecule has 2 heterocycles. The normalized spacial score (nSPS) is 31.6. The molecular formula is C10H20N2O3S. The van der Waals surface area contributed by atoms with E-state index in [1.807, 2.05) is 0 Å². The van der Waals surface area contributed by atoms with Crippen LogP contribution >= 0.6 is 0 Å². The van der Waals surface area contributed by atoms with E-state index in [1.54, 1.807) is 4.31 Å². The van der Waals surface area contributed by atoms with Crippen LogP contribution in [0.5, 0.6) is 0 Å². The number of nitrogens with one attached hydrogen (secondary N) is 1. The molecule has 0 radical (unpaired) electrons. The molecule has 0 aromatic rings. The Morgan fingerprint density at radius 2 is 2.25 bits per heavy atom. The number of piperidine rings is 1. The molecule has 94 valence electrons. The molecule has 6 heteroatoms. The Labute approximate surface area is 97.2 Å². The van der Waals surface area contributed by atoms with E-state index in [2.05, 4.69) is 5.32 Å². The van der Waals surface area contributed by atoms with E-state index < -0.39 is 10.0 Å². The van der Waals surface area contributed by atoms with Crippen LogP contribution in [0.3, 0.4) is 0 Å². The van der Waals surface area contributed by atoms with Crippen LogP contribution < -0.4 is 5.32 Å². The van der Waals surface area contributed by atoms with Gasteiger partial charge in [-0.05, 0) is 25.3 Å². The summed E-state index contributed by atoms with van der Waals surface area (Å²) in [6, 6.07) is 0.176. The zero-order valence-corrected chi connectivity index (χ0v) is 10.5. The molecule has 2 rings (SSSR count). The number of sulfonamides is 1. The lowest BCUT2D eigenvalue weighted by atomic mass is 9.94. The highest BCUT2D eigenvalue weighted by molar-refractivity contribution is 7.89. The summed E-state index contributed by atoms with van der Waals surface area (Å²) in [5.74, 6) is 0.610. The van der Waals surface area contributed by atoms with Crippen molar-refractivity contribution in [2.45, 2.75) is 18.9 Å². The van der Waals surface area contributed by atoms with Crippen LogP contribution in [-0.4, -0.2) is 57.9 Å². The quantitative estimate of drug-likeness (QED) is 0.738. The SMILES string of the molecule is COCCS(=O)(=O)N1CCCC2CNCC21. The van der Waals surface area contributed by atoms with Gasteiger partial charge in [-0.25, -0.2) is 8.42 Å². The summed E-state index contributed by atoms with van der Waals surface area (Å²) in [5.41, 5.74) is 0. The monoisotopic (exact) mass is 248 g/mol. The third-order valence-corrected chi connectivity index (χ3v) is 5.38. The number of fused-ring (bicyclic) bond motifs is 1. The fourth-order valence-electron chi connectivity index (χ4n) is 2.68. The third-order valence-electron chi connectivity index (χ3n) is 3.53. The topological polar surface area (TPSA) is 58.6 Å². The summed E-state index contributed by atoms with van der Waals surface area (Å²) in [4.78, 5) is 0. The van der Waals surface area contributed by atoms with Crippen molar-refractivity contribution in [2.24, 2.45) is 5.92 Å². The number of rotatable bonds is 4. The lowest BCUT2D eigenvalue weighted by Gasteiger charge is -2.35. The van der Waals surface area contributed by atoms with E-state index in [0.717, 1.165) is 25.9 Å². The van der Waals surface area contributed by atoms with Gasteiger partial charge in [0.1, 0.15) is 0 Å². The van der Waals surface area contributed by atoms with E-state index in [4.69, 9.17) is 4.74 Å². The van der Waals surface area contributed by atoms with Crippen molar-refractivity contribution in [2.75, 3.05) is 39.1 Å². The van der Waals surface area contributed by atoms with Gasteiger partial charge < -0.3 is 10.1 Å². The van der Waals surface area contributed by atoms with Crippen molar-refractivity contribution in [3.63, 3.8) is 0 Å². The largest absolute Gasteiger partial charge is 0.384 e. The maximum Gasteiger partial charge on any atom is 0.216 e. The zero-order chi connectivity index (χ0) is 11.6. The van der Waals surface area contributed by atoms with Gasteiger partial charge in [-0.3, -0.25) is 0 Å². The summed E-state index contributed by atoms with van der Waals surface area (Å²) < 4.78 is 30.8. The first-order chi connectivity index (χ1) is 7.65. The fourth-order valence-corrected chi connectivity index (χ4v) is 4.36. The van der Waals surface area contributed by atoms with Crippen LogP contribution in [0.15, 0.2) is 0 Å². The number of hydrogen-bond acceptors (Lipinski definition) is 4. The summed E-state index contributed by atoms with van der Waals surface area (Å²) in [6.45, 7) is 2.72. The Hall–Kier alpha value is -0.170. The van der Waals surface area contributed by atoms with E-state index in [9.17, 15) is 8.42 Å². The average Bonchev–Trinajstić information content (AvgIpc) is 2.73. The van der Waals surface area contributed by atoms with Gasteiger partial charge in [-0.1, -0.05) is 0 Å². The first-order valence-corrected chi connectivity index (χ1v) is 7.45. The van der Waals surface area contributed by atoms with E-state index in [0.29, 0.717) is 12.5 Å². The Morgan fingerprint density at radius 3 is 3.00 bits per heavy atom. The lowest BCUT2D eigenvalue weighted by molar-refractivity contribution is 0.201. The predicted molar refractivity (Wildman–Crippen MR) is 61.8 cm³/mol. The van der Waals surface area contributed by atoms with E-state index in [1.165, 1.54) is 7.11 Å². The van der Waals surface area contributed by atoms with Gasteiger partial charge in [0.2, 0.25) is 10.0 Å². The Kier molecular flexibility index (Phi) is 3.84. The highest BCUT2D eigenvalue weighted by atomic mass is 32.2. The average molecular weight is 248 g/mol. The second kappa shape index (κ2) is 5.00. The van der Waals surface area contributed by atoms with Crippen molar-refractivity contribution in [1.82, 2.24) is 9.62 Å². The molecule has 0 bridgehead atoms. The maximum atomic E-state index is 12.1. The highest BCUT2D eigenvalue weighted by Gasteiger charge is 2.40. The molecule has 0 aromatic heterocycles. The van der Waals surface area contributed by atoms with Crippen molar-refractivity contribution in [1.29, 1.82) is 0 Å². The summed E-state index contributed by atoms with van der Waals surface area (Å²) in [5, 5.41) is 3.29. The second-order valence-corrected chi connectivity index (χ2v) is 6.59. The summed E-state index contributed by atoms with van der Waals surface area (Å²) in [6.07, 6.45) is 2.13. The number of methoxy groups -OCH3 is 1. The van der Waals surface area contributed by atoms with Crippen LogP contribution in [0.25, 0.3) is 0 Å². The van der Waals surface area contributed by atoms with E-state index >= 15 is 0 Å². The lowest BCUT2D eigenvalue weighted by Crippen LogP contribution is -2.49. The first-order valence-electron chi connectivity index (χ1n) is 5.84. The molecule has 1 N–H and O–H groups in total. The molecule has 16 heavy (non-hydrogen) atoms. The molecule has 5 nitrogen and oxygen atoms in total. The van der Waals surface area contributed by atoms with Crippen molar-refractivity contribution in [3.8, 4) is 0 Å². The minimum absolute atomic E-state index is 0.104. The van der Waals surface area contributed by atoms with Gasteiger partial charge in [-0.2, -0.15) is 4.31 Å². The van der Waals surface area contributed by atoms with Crippen LogP contribution in [0.1, 0.15) is 12.8 Å². The van der Waals surface area contributed by atoms with Crippen molar-refractivity contribution >= 4 is 10.0 Å². The van der Waals surface area contributed by atoms with Crippen LogP contribution in [0, 0.1) is 5.92 Å². The van der Waals surface area contributed by atoms with Gasteiger partial charge in [0.25, 0.3) is 0 Å². The molecule has 0 spiro atoms. The van der Waals surface area contributed by atoms with Gasteiger partial charge in [-0.15, -0.1) is 0 Å². The Bertz CT molecular complexity index is 331. The minimum atomic E-state index is -3.13. The van der Waals surface area contributed by atoms with Crippen LogP contribution in [0.4, 0.5) is 0 Å². The minimum Gasteiger partial charge on any atom is -0.384 e. The molecule has 0 aliphatic carbocycles. The highest BCUT2D eigenvalue weighted by Crippen LogP contribution is 2.28. The van der Waals surface area contributed by atoms with E-state index in [-0.39, 0.29) is 18.4 Å². The van der Waals surface area contributed by atoms with Crippen molar-refractivity contribution < 1.29 is 13.2 Å². The smallest absolute Gasteiger partial charge is 0.216 e. The number of ether oxygens (including phenoxy) is 1. The predicted octanol–water partition coefficient (Wildman–Crippen LogP) is -0.354. The number of nitrogens with zero attached hydrogens (tertiary/aromatic N) is 1. The molecule has 0 amide bonds. The summed E-state index contributed by atoms with van der Waals surface area (Å²) >= 11 is 0. The molecule has 2 unspecified atom stereocenters. The molecule has 2 aliphatic heterocycles. The molecule has 2 aliphatic rings. The molecular weight excluding hydrogens is 228 g/mol. The fraction of sp³-hybridized carbons (Fsp3) is 1.00. The molecule has 2 atom stereocenters. The van der Waals surface area contributed by atoms with Crippen LogP contribution in [0.2, 0.25) is 0 Å².